The zero-order chi connectivity index (χ0) is 13.7. The number of nitrogens with zero attached hydrogens (tertiary/aromatic N) is 1. The van der Waals surface area contributed by atoms with E-state index in [1.165, 1.54) is 18.2 Å². The van der Waals surface area contributed by atoms with Crippen molar-refractivity contribution in [3.8, 4) is 0 Å². The molecule has 0 radical (unpaired) electrons. The molecule has 1 aromatic carbocycles. The van der Waals surface area contributed by atoms with Gasteiger partial charge in [-0.05, 0) is 18.2 Å². The summed E-state index contributed by atoms with van der Waals surface area (Å²) in [6.45, 7) is 3.60. The van der Waals surface area contributed by atoms with Gasteiger partial charge in [-0.15, -0.1) is 0 Å². The van der Waals surface area contributed by atoms with Gasteiger partial charge in [0.05, 0.1) is 5.69 Å². The quantitative estimate of drug-likeness (QED) is 0.815. The SMILES string of the molecule is Nc1cc(C(=O)NCCN2CCSCC2)ccc1F. The molecule has 0 saturated carbocycles. The molecule has 1 aliphatic heterocycles. The van der Waals surface area contributed by atoms with Gasteiger partial charge in [-0.25, -0.2) is 4.39 Å². The molecule has 0 spiro atoms. The molecule has 0 aromatic heterocycles. The largest absolute Gasteiger partial charge is 0.396 e. The number of benzene rings is 1. The number of hydrogen-bond acceptors (Lipinski definition) is 4. The van der Waals surface area contributed by atoms with E-state index in [2.05, 4.69) is 10.2 Å². The number of nitrogens with one attached hydrogen (secondary N) is 1. The molecule has 3 N–H and O–H groups in total. The van der Waals surface area contributed by atoms with Gasteiger partial charge in [-0.3, -0.25) is 9.69 Å². The molecule has 1 heterocycles. The molecule has 0 aliphatic carbocycles. The summed E-state index contributed by atoms with van der Waals surface area (Å²) in [7, 11) is 0. The van der Waals surface area contributed by atoms with Crippen molar-refractivity contribution in [1.82, 2.24) is 10.2 Å². The van der Waals surface area contributed by atoms with E-state index in [1.807, 2.05) is 11.8 Å². The first kappa shape index (κ1) is 14.1. The molecule has 0 bridgehead atoms. The Balaban J connectivity index is 1.78. The summed E-state index contributed by atoms with van der Waals surface area (Å²) < 4.78 is 13.0. The average molecular weight is 283 g/mol. The molecule has 19 heavy (non-hydrogen) atoms. The van der Waals surface area contributed by atoms with Gasteiger partial charge >= 0.3 is 0 Å². The number of nitrogen functional groups attached to an aromatic ring is 1. The highest BCUT2D eigenvalue weighted by Crippen LogP contribution is 2.12. The van der Waals surface area contributed by atoms with Gasteiger partial charge in [0.1, 0.15) is 5.82 Å². The van der Waals surface area contributed by atoms with Crippen LogP contribution in [0.5, 0.6) is 0 Å². The summed E-state index contributed by atoms with van der Waals surface area (Å²) >= 11 is 1.96. The Labute approximate surface area is 116 Å². The summed E-state index contributed by atoms with van der Waals surface area (Å²) in [6, 6.07) is 4.02. The van der Waals surface area contributed by atoms with Crippen molar-refractivity contribution in [2.75, 3.05) is 43.4 Å². The monoisotopic (exact) mass is 283 g/mol. The van der Waals surface area contributed by atoms with Crippen molar-refractivity contribution in [2.45, 2.75) is 0 Å². The third-order valence-electron chi connectivity index (χ3n) is 3.08. The van der Waals surface area contributed by atoms with Gasteiger partial charge < -0.3 is 11.1 Å². The van der Waals surface area contributed by atoms with Crippen LogP contribution < -0.4 is 11.1 Å². The highest BCUT2D eigenvalue weighted by Gasteiger charge is 2.11. The Morgan fingerprint density at radius 2 is 2.16 bits per heavy atom. The maximum Gasteiger partial charge on any atom is 0.251 e. The third-order valence-corrected chi connectivity index (χ3v) is 4.02. The van der Waals surface area contributed by atoms with Crippen molar-refractivity contribution in [1.29, 1.82) is 0 Å². The Kier molecular flexibility index (Phi) is 5.04. The fourth-order valence-electron chi connectivity index (χ4n) is 1.94. The maximum absolute atomic E-state index is 13.0. The first-order valence-electron chi connectivity index (χ1n) is 6.30. The standard InChI is InChI=1S/C13H18FN3OS/c14-11-2-1-10(9-12(11)15)13(18)16-3-4-17-5-7-19-8-6-17/h1-2,9H,3-8,15H2,(H,16,18). The lowest BCUT2D eigenvalue weighted by atomic mass is 10.2. The van der Waals surface area contributed by atoms with Crippen LogP contribution in [0.2, 0.25) is 0 Å². The van der Waals surface area contributed by atoms with Gasteiger partial charge in [-0.1, -0.05) is 0 Å². The number of carbonyl (C=O) groups excluding carboxylic acids is 1. The molecule has 1 saturated heterocycles. The summed E-state index contributed by atoms with van der Waals surface area (Å²) in [5, 5.41) is 2.83. The lowest BCUT2D eigenvalue weighted by Crippen LogP contribution is -2.39. The van der Waals surface area contributed by atoms with Crippen LogP contribution >= 0.6 is 11.8 Å². The second-order valence-corrected chi connectivity index (χ2v) is 5.67. The molecule has 1 fully saturated rings. The highest BCUT2D eigenvalue weighted by molar-refractivity contribution is 7.99. The molecular formula is C13H18FN3OS. The van der Waals surface area contributed by atoms with E-state index in [1.54, 1.807) is 0 Å². The molecule has 1 aliphatic rings. The Morgan fingerprint density at radius 1 is 1.42 bits per heavy atom. The molecule has 104 valence electrons. The van der Waals surface area contributed by atoms with Crippen LogP contribution in [0.4, 0.5) is 10.1 Å². The number of rotatable bonds is 4. The predicted octanol–water partition coefficient (Wildman–Crippen LogP) is 1.19. The third kappa shape index (κ3) is 4.11. The van der Waals surface area contributed by atoms with Crippen LogP contribution in [0.3, 0.4) is 0 Å². The Morgan fingerprint density at radius 3 is 2.84 bits per heavy atom. The lowest BCUT2D eigenvalue weighted by Gasteiger charge is -2.25. The van der Waals surface area contributed by atoms with Gasteiger partial charge in [-0.2, -0.15) is 11.8 Å². The molecule has 6 heteroatoms. The van der Waals surface area contributed by atoms with E-state index >= 15 is 0 Å². The van der Waals surface area contributed by atoms with Crippen LogP contribution in [0.1, 0.15) is 10.4 Å². The highest BCUT2D eigenvalue weighted by atomic mass is 32.2. The minimum absolute atomic E-state index is 0.000653. The molecule has 4 nitrogen and oxygen atoms in total. The van der Waals surface area contributed by atoms with Crippen molar-refractivity contribution < 1.29 is 9.18 Å². The zero-order valence-corrected chi connectivity index (χ0v) is 11.5. The Bertz CT molecular complexity index is 450. The normalized spacial score (nSPS) is 16.3. The number of anilines is 1. The van der Waals surface area contributed by atoms with E-state index in [4.69, 9.17) is 5.73 Å². The number of nitrogens with two attached hydrogens (primary N) is 1. The van der Waals surface area contributed by atoms with Crippen LogP contribution in [-0.4, -0.2) is 48.5 Å². The van der Waals surface area contributed by atoms with Crippen molar-refractivity contribution in [2.24, 2.45) is 0 Å². The summed E-state index contributed by atoms with van der Waals surface area (Å²) in [5.74, 6) is 1.60. The van der Waals surface area contributed by atoms with Crippen LogP contribution in [0.15, 0.2) is 18.2 Å². The van der Waals surface area contributed by atoms with Gasteiger partial charge in [0.15, 0.2) is 0 Å². The number of thioether (sulfide) groups is 1. The second-order valence-electron chi connectivity index (χ2n) is 4.45. The molecular weight excluding hydrogens is 265 g/mol. The van der Waals surface area contributed by atoms with Crippen LogP contribution in [0.25, 0.3) is 0 Å². The lowest BCUT2D eigenvalue weighted by molar-refractivity contribution is 0.0949. The first-order chi connectivity index (χ1) is 9.16. The minimum atomic E-state index is -0.498. The predicted molar refractivity (Wildman–Crippen MR) is 76.9 cm³/mol. The first-order valence-corrected chi connectivity index (χ1v) is 7.45. The molecule has 0 unspecified atom stereocenters. The summed E-state index contributed by atoms with van der Waals surface area (Å²) in [5.41, 5.74) is 5.84. The van der Waals surface area contributed by atoms with Crippen LogP contribution in [0, 0.1) is 5.82 Å². The number of hydrogen-bond donors (Lipinski definition) is 2. The topological polar surface area (TPSA) is 58.4 Å². The van der Waals surface area contributed by atoms with E-state index in [-0.39, 0.29) is 11.6 Å². The smallest absolute Gasteiger partial charge is 0.251 e. The molecule has 1 aromatic rings. The molecule has 0 atom stereocenters. The molecule has 2 rings (SSSR count). The Hall–Kier alpha value is -1.27. The van der Waals surface area contributed by atoms with Crippen molar-refractivity contribution in [3.05, 3.63) is 29.6 Å². The van der Waals surface area contributed by atoms with E-state index in [0.717, 1.165) is 31.1 Å². The van der Waals surface area contributed by atoms with E-state index in [0.29, 0.717) is 12.1 Å². The second kappa shape index (κ2) is 6.77. The van der Waals surface area contributed by atoms with Crippen LogP contribution in [-0.2, 0) is 0 Å². The maximum atomic E-state index is 13.0. The summed E-state index contributed by atoms with van der Waals surface area (Å²) in [6.07, 6.45) is 0. The van der Waals surface area contributed by atoms with Gasteiger partial charge in [0.2, 0.25) is 0 Å². The zero-order valence-electron chi connectivity index (χ0n) is 10.7. The van der Waals surface area contributed by atoms with Crippen molar-refractivity contribution in [3.63, 3.8) is 0 Å². The summed E-state index contributed by atoms with van der Waals surface area (Å²) in [4.78, 5) is 14.2. The fraction of sp³-hybridized carbons (Fsp3) is 0.462. The minimum Gasteiger partial charge on any atom is -0.396 e. The number of halogens is 1. The van der Waals surface area contributed by atoms with E-state index < -0.39 is 5.82 Å². The average Bonchev–Trinajstić information content (AvgIpc) is 2.43. The fourth-order valence-corrected chi connectivity index (χ4v) is 2.92. The van der Waals surface area contributed by atoms with Gasteiger partial charge in [0, 0.05) is 43.2 Å². The van der Waals surface area contributed by atoms with Gasteiger partial charge in [0.25, 0.3) is 5.91 Å². The molecule has 1 amide bonds. The number of carbonyl (C=O) groups is 1. The van der Waals surface area contributed by atoms with E-state index in [9.17, 15) is 9.18 Å². The van der Waals surface area contributed by atoms with Crippen molar-refractivity contribution >= 4 is 23.4 Å². The number of amides is 1.